The Labute approximate surface area is 79.9 Å². The Bertz CT molecular complexity index is 187. The van der Waals surface area contributed by atoms with E-state index in [0.29, 0.717) is 12.3 Å². The van der Waals surface area contributed by atoms with Crippen LogP contribution >= 0.6 is 0 Å². The molecule has 0 fully saturated rings. The van der Waals surface area contributed by atoms with Crippen molar-refractivity contribution in [1.82, 2.24) is 5.32 Å². The van der Waals surface area contributed by atoms with Gasteiger partial charge in [0.1, 0.15) is 0 Å². The van der Waals surface area contributed by atoms with Crippen molar-refractivity contribution in [3.8, 4) is 0 Å². The maximum absolute atomic E-state index is 11.3. The Morgan fingerprint density at radius 2 is 1.77 bits per heavy atom. The fraction of sp³-hybridized carbons (Fsp3) is 0.800. The third kappa shape index (κ3) is 5.39. The van der Waals surface area contributed by atoms with Crippen molar-refractivity contribution in [1.29, 1.82) is 0 Å². The quantitative estimate of drug-likeness (QED) is 0.725. The Hall–Kier alpha value is -0.860. The van der Waals surface area contributed by atoms with Crippen LogP contribution in [0.4, 0.5) is 0 Å². The molecule has 2 amide bonds. The summed E-state index contributed by atoms with van der Waals surface area (Å²) in [7, 11) is 0. The third-order valence-electron chi connectivity index (χ3n) is 1.86. The van der Waals surface area contributed by atoms with E-state index in [1.165, 1.54) is 0 Å². The first kappa shape index (κ1) is 12.1. The summed E-state index contributed by atoms with van der Waals surface area (Å²) in [6.07, 6.45) is 1.18. The zero-order valence-electron chi connectivity index (χ0n) is 8.89. The van der Waals surface area contributed by atoms with Crippen LogP contribution in [-0.4, -0.2) is 11.8 Å². The average molecular weight is 185 g/mol. The van der Waals surface area contributed by atoms with E-state index in [1.54, 1.807) is 6.92 Å². The van der Waals surface area contributed by atoms with Gasteiger partial charge in [-0.3, -0.25) is 14.9 Å². The molecule has 0 heterocycles. The molecule has 1 N–H and O–H groups in total. The molecule has 0 radical (unpaired) electrons. The number of carbonyl (C=O) groups is 2. The van der Waals surface area contributed by atoms with E-state index in [4.69, 9.17) is 0 Å². The van der Waals surface area contributed by atoms with Crippen LogP contribution in [0, 0.1) is 11.8 Å². The van der Waals surface area contributed by atoms with Gasteiger partial charge in [0.2, 0.25) is 11.8 Å². The molecule has 0 saturated carbocycles. The number of hydrogen-bond acceptors (Lipinski definition) is 2. The lowest BCUT2D eigenvalue weighted by atomic mass is 9.98. The lowest BCUT2D eigenvalue weighted by Gasteiger charge is -2.12. The van der Waals surface area contributed by atoms with Crippen LogP contribution in [0.1, 0.15) is 40.5 Å². The van der Waals surface area contributed by atoms with E-state index in [-0.39, 0.29) is 17.7 Å². The molecule has 1 unspecified atom stereocenters. The molecule has 1 atom stereocenters. The van der Waals surface area contributed by atoms with E-state index in [1.807, 2.05) is 6.92 Å². The molecule has 3 heteroatoms. The number of nitrogens with one attached hydrogen (secondary N) is 1. The van der Waals surface area contributed by atoms with Gasteiger partial charge in [-0.1, -0.05) is 27.7 Å². The average Bonchev–Trinajstić information content (AvgIpc) is 2.02. The molecule has 76 valence electrons. The number of amides is 2. The molecule has 13 heavy (non-hydrogen) atoms. The van der Waals surface area contributed by atoms with Crippen LogP contribution in [0.2, 0.25) is 0 Å². The van der Waals surface area contributed by atoms with Crippen LogP contribution in [0.3, 0.4) is 0 Å². The predicted octanol–water partition coefficient (Wildman–Crippen LogP) is 1.72. The number of carbonyl (C=O) groups excluding carboxylic acids is 2. The van der Waals surface area contributed by atoms with Crippen LogP contribution in [0.15, 0.2) is 0 Å². The fourth-order valence-electron chi connectivity index (χ4n) is 1.16. The highest BCUT2D eigenvalue weighted by molar-refractivity contribution is 5.95. The van der Waals surface area contributed by atoms with Gasteiger partial charge in [-0.05, 0) is 12.3 Å². The van der Waals surface area contributed by atoms with E-state index < -0.39 is 0 Å². The highest BCUT2D eigenvalue weighted by atomic mass is 16.2. The van der Waals surface area contributed by atoms with Crippen molar-refractivity contribution in [2.45, 2.75) is 40.5 Å². The second kappa shape index (κ2) is 5.73. The largest absolute Gasteiger partial charge is 0.296 e. The molecular weight excluding hydrogens is 166 g/mol. The van der Waals surface area contributed by atoms with E-state index in [2.05, 4.69) is 19.2 Å². The minimum absolute atomic E-state index is 0.0736. The Morgan fingerprint density at radius 1 is 1.23 bits per heavy atom. The standard InChI is InChI=1S/C10H19NO2/c1-5-9(12)11-10(13)8(4)6-7(2)3/h7-8H,5-6H2,1-4H3,(H,11,12,13). The molecule has 0 aliphatic heterocycles. The first-order chi connectivity index (χ1) is 5.97. The maximum Gasteiger partial charge on any atom is 0.229 e. The van der Waals surface area contributed by atoms with Crippen molar-refractivity contribution < 1.29 is 9.59 Å². The topological polar surface area (TPSA) is 46.2 Å². The second-order valence-electron chi connectivity index (χ2n) is 3.80. The van der Waals surface area contributed by atoms with Gasteiger partial charge in [0, 0.05) is 12.3 Å². The normalized spacial score (nSPS) is 12.7. The van der Waals surface area contributed by atoms with Crippen LogP contribution in [0.25, 0.3) is 0 Å². The maximum atomic E-state index is 11.3. The highest BCUT2D eigenvalue weighted by Gasteiger charge is 2.15. The van der Waals surface area contributed by atoms with Crippen LogP contribution in [0.5, 0.6) is 0 Å². The summed E-state index contributed by atoms with van der Waals surface area (Å²) >= 11 is 0. The second-order valence-corrected chi connectivity index (χ2v) is 3.80. The molecule has 0 rings (SSSR count). The first-order valence-electron chi connectivity index (χ1n) is 4.81. The lowest BCUT2D eigenvalue weighted by Crippen LogP contribution is -2.34. The van der Waals surface area contributed by atoms with Gasteiger partial charge in [-0.2, -0.15) is 0 Å². The minimum Gasteiger partial charge on any atom is -0.296 e. The van der Waals surface area contributed by atoms with Gasteiger partial charge in [0.25, 0.3) is 0 Å². The van der Waals surface area contributed by atoms with E-state index in [0.717, 1.165) is 6.42 Å². The summed E-state index contributed by atoms with van der Waals surface area (Å²) in [6, 6.07) is 0. The Balaban J connectivity index is 3.89. The van der Waals surface area contributed by atoms with Crippen molar-refractivity contribution in [2.75, 3.05) is 0 Å². The number of hydrogen-bond donors (Lipinski definition) is 1. The molecule has 3 nitrogen and oxygen atoms in total. The summed E-state index contributed by atoms with van der Waals surface area (Å²) in [5.41, 5.74) is 0. The third-order valence-corrected chi connectivity index (χ3v) is 1.86. The van der Waals surface area contributed by atoms with Crippen LogP contribution < -0.4 is 5.32 Å². The molecule has 0 spiro atoms. The molecule has 0 aromatic carbocycles. The van der Waals surface area contributed by atoms with Gasteiger partial charge in [-0.15, -0.1) is 0 Å². The van der Waals surface area contributed by atoms with Gasteiger partial charge < -0.3 is 0 Å². The predicted molar refractivity (Wildman–Crippen MR) is 52.1 cm³/mol. The summed E-state index contributed by atoms with van der Waals surface area (Å²) in [6.45, 7) is 7.70. The first-order valence-corrected chi connectivity index (χ1v) is 4.81. The molecule has 0 bridgehead atoms. The number of rotatable bonds is 4. The molecule has 0 aliphatic rings. The highest BCUT2D eigenvalue weighted by Crippen LogP contribution is 2.10. The monoisotopic (exact) mass is 185 g/mol. The summed E-state index contributed by atoms with van der Waals surface area (Å²) in [5.74, 6) is 0.0640. The molecule has 0 aromatic heterocycles. The molecule has 0 aromatic rings. The van der Waals surface area contributed by atoms with Gasteiger partial charge in [0.05, 0.1) is 0 Å². The van der Waals surface area contributed by atoms with E-state index in [9.17, 15) is 9.59 Å². The molecule has 0 saturated heterocycles. The van der Waals surface area contributed by atoms with Gasteiger partial charge >= 0.3 is 0 Å². The SMILES string of the molecule is CCC(=O)NC(=O)C(C)CC(C)C. The van der Waals surface area contributed by atoms with Crippen molar-refractivity contribution in [3.05, 3.63) is 0 Å². The summed E-state index contributed by atoms with van der Waals surface area (Å²) < 4.78 is 0. The lowest BCUT2D eigenvalue weighted by molar-refractivity contribution is -0.132. The van der Waals surface area contributed by atoms with Crippen molar-refractivity contribution in [2.24, 2.45) is 11.8 Å². The summed E-state index contributed by atoms with van der Waals surface area (Å²) in [4.78, 5) is 22.2. The van der Waals surface area contributed by atoms with Crippen LogP contribution in [-0.2, 0) is 9.59 Å². The summed E-state index contributed by atoms with van der Waals surface area (Å²) in [5, 5.41) is 2.36. The smallest absolute Gasteiger partial charge is 0.229 e. The Kier molecular flexibility index (Phi) is 5.35. The van der Waals surface area contributed by atoms with E-state index >= 15 is 0 Å². The molecule has 0 aliphatic carbocycles. The van der Waals surface area contributed by atoms with Crippen molar-refractivity contribution in [3.63, 3.8) is 0 Å². The zero-order chi connectivity index (χ0) is 10.4. The Morgan fingerprint density at radius 3 is 2.15 bits per heavy atom. The van der Waals surface area contributed by atoms with Gasteiger partial charge in [-0.25, -0.2) is 0 Å². The minimum atomic E-state index is -0.194. The molecular formula is C10H19NO2. The number of imide groups is 1. The zero-order valence-corrected chi connectivity index (χ0v) is 8.89. The van der Waals surface area contributed by atoms with Gasteiger partial charge in [0.15, 0.2) is 0 Å². The fourth-order valence-corrected chi connectivity index (χ4v) is 1.16. The van der Waals surface area contributed by atoms with Crippen molar-refractivity contribution >= 4 is 11.8 Å².